The molecule has 0 aromatic rings. The van der Waals surface area contributed by atoms with Crippen LogP contribution in [0.4, 0.5) is 8.78 Å². The number of carbonyl (C=O) groups excluding carboxylic acids is 1. The largest absolute Gasteiger partial charge is 0.461 e. The molecule has 92 valence electrons. The quantitative estimate of drug-likeness (QED) is 0.754. The lowest BCUT2D eigenvalue weighted by Gasteiger charge is -2.24. The molecule has 2 fully saturated rings. The van der Waals surface area contributed by atoms with Gasteiger partial charge in [-0.05, 0) is 37.0 Å². The summed E-state index contributed by atoms with van der Waals surface area (Å²) in [5, 5.41) is 9.52. The van der Waals surface area contributed by atoms with E-state index in [9.17, 15) is 18.7 Å². The number of hydrogen-bond acceptors (Lipinski definition) is 3. The summed E-state index contributed by atoms with van der Waals surface area (Å²) in [5.41, 5.74) is 0. The standard InChI is InChI=1S/C11H16F2O3/c1-11(12,13)10(15)16-5-8-3-7-2-6(8)4-9(7)14/h6-9,14H,2-5H2,1H3. The third kappa shape index (κ3) is 2.19. The first-order valence-electron chi connectivity index (χ1n) is 5.61. The van der Waals surface area contributed by atoms with Crippen LogP contribution in [0.1, 0.15) is 26.2 Å². The average molecular weight is 234 g/mol. The highest BCUT2D eigenvalue weighted by Gasteiger charge is 2.46. The molecule has 0 amide bonds. The lowest BCUT2D eigenvalue weighted by molar-refractivity contribution is -0.171. The van der Waals surface area contributed by atoms with Crippen molar-refractivity contribution in [1.29, 1.82) is 0 Å². The fourth-order valence-electron chi connectivity index (χ4n) is 2.88. The molecule has 0 radical (unpaired) electrons. The van der Waals surface area contributed by atoms with Gasteiger partial charge >= 0.3 is 11.9 Å². The van der Waals surface area contributed by atoms with Crippen molar-refractivity contribution in [3.05, 3.63) is 0 Å². The molecule has 0 spiro atoms. The Morgan fingerprint density at radius 2 is 2.06 bits per heavy atom. The SMILES string of the molecule is CC(F)(F)C(=O)OCC1CC2CC1CC2O. The molecular weight excluding hydrogens is 218 g/mol. The maximum atomic E-state index is 12.5. The lowest BCUT2D eigenvalue weighted by Crippen LogP contribution is -2.31. The predicted octanol–water partition coefficient (Wildman–Crippen LogP) is 1.59. The molecule has 0 aromatic heterocycles. The second-order valence-corrected chi connectivity index (χ2v) is 5.04. The third-order valence-corrected chi connectivity index (χ3v) is 3.75. The van der Waals surface area contributed by atoms with Gasteiger partial charge in [0, 0.05) is 6.92 Å². The zero-order valence-electron chi connectivity index (χ0n) is 9.16. The van der Waals surface area contributed by atoms with Gasteiger partial charge in [0.2, 0.25) is 0 Å². The van der Waals surface area contributed by atoms with Crippen LogP contribution in [-0.4, -0.2) is 29.7 Å². The number of alkyl halides is 2. The van der Waals surface area contributed by atoms with Gasteiger partial charge in [0.05, 0.1) is 12.7 Å². The minimum absolute atomic E-state index is 0.0656. The zero-order valence-corrected chi connectivity index (χ0v) is 9.16. The second-order valence-electron chi connectivity index (χ2n) is 5.04. The Bertz CT molecular complexity index is 285. The van der Waals surface area contributed by atoms with Gasteiger partial charge in [0.1, 0.15) is 0 Å². The van der Waals surface area contributed by atoms with E-state index in [1.54, 1.807) is 0 Å². The maximum Gasteiger partial charge on any atom is 0.376 e. The first-order chi connectivity index (χ1) is 7.38. The summed E-state index contributed by atoms with van der Waals surface area (Å²) in [4.78, 5) is 10.9. The molecular formula is C11H16F2O3. The van der Waals surface area contributed by atoms with E-state index in [1.165, 1.54) is 0 Å². The highest BCUT2D eigenvalue weighted by atomic mass is 19.3. The second kappa shape index (κ2) is 3.95. The number of carbonyl (C=O) groups is 1. The van der Waals surface area contributed by atoms with Crippen molar-refractivity contribution in [1.82, 2.24) is 0 Å². The van der Waals surface area contributed by atoms with Gasteiger partial charge in [-0.15, -0.1) is 0 Å². The van der Waals surface area contributed by atoms with Crippen LogP contribution in [-0.2, 0) is 9.53 Å². The minimum Gasteiger partial charge on any atom is -0.461 e. The summed E-state index contributed by atoms with van der Waals surface area (Å²) in [6.45, 7) is 0.607. The highest BCUT2D eigenvalue weighted by Crippen LogP contribution is 2.48. The Hall–Kier alpha value is -0.710. The normalized spacial score (nSPS) is 37.8. The number of hydrogen-bond donors (Lipinski definition) is 1. The lowest BCUT2D eigenvalue weighted by atomic mass is 9.88. The van der Waals surface area contributed by atoms with Gasteiger partial charge in [0.25, 0.3) is 0 Å². The Morgan fingerprint density at radius 3 is 2.50 bits per heavy atom. The molecule has 3 nitrogen and oxygen atoms in total. The van der Waals surface area contributed by atoms with Crippen LogP contribution >= 0.6 is 0 Å². The molecule has 0 aromatic carbocycles. The van der Waals surface area contributed by atoms with Gasteiger partial charge in [-0.2, -0.15) is 8.78 Å². The van der Waals surface area contributed by atoms with E-state index in [-0.39, 0.29) is 24.5 Å². The van der Waals surface area contributed by atoms with Crippen molar-refractivity contribution < 1.29 is 23.4 Å². The third-order valence-electron chi connectivity index (χ3n) is 3.75. The van der Waals surface area contributed by atoms with Gasteiger partial charge in [-0.25, -0.2) is 4.79 Å². The smallest absolute Gasteiger partial charge is 0.376 e. The van der Waals surface area contributed by atoms with E-state index in [2.05, 4.69) is 4.74 Å². The van der Waals surface area contributed by atoms with Crippen molar-refractivity contribution in [2.24, 2.45) is 17.8 Å². The topological polar surface area (TPSA) is 46.5 Å². The van der Waals surface area contributed by atoms with Crippen LogP contribution in [0.25, 0.3) is 0 Å². The van der Waals surface area contributed by atoms with Crippen LogP contribution in [0.3, 0.4) is 0 Å². The first kappa shape index (κ1) is 11.8. The van der Waals surface area contributed by atoms with Gasteiger partial charge in [-0.3, -0.25) is 0 Å². The van der Waals surface area contributed by atoms with Crippen molar-refractivity contribution in [2.75, 3.05) is 6.61 Å². The number of fused-ring (bicyclic) bond motifs is 2. The van der Waals surface area contributed by atoms with Crippen molar-refractivity contribution in [3.8, 4) is 0 Å². The van der Waals surface area contributed by atoms with E-state index < -0.39 is 11.9 Å². The molecule has 2 aliphatic rings. The number of esters is 1. The van der Waals surface area contributed by atoms with Crippen LogP contribution in [0, 0.1) is 17.8 Å². The summed E-state index contributed by atoms with van der Waals surface area (Å²) in [6.07, 6.45) is 2.19. The Balaban J connectivity index is 1.79. The zero-order chi connectivity index (χ0) is 11.9. The Labute approximate surface area is 92.8 Å². The molecule has 0 aliphatic heterocycles. The van der Waals surface area contributed by atoms with E-state index in [1.807, 2.05) is 0 Å². The fourth-order valence-corrected chi connectivity index (χ4v) is 2.88. The minimum atomic E-state index is -3.41. The summed E-state index contributed by atoms with van der Waals surface area (Å²) in [7, 11) is 0. The monoisotopic (exact) mass is 234 g/mol. The van der Waals surface area contributed by atoms with Gasteiger partial charge < -0.3 is 9.84 Å². The highest BCUT2D eigenvalue weighted by molar-refractivity contribution is 5.76. The van der Waals surface area contributed by atoms with Crippen LogP contribution in [0.2, 0.25) is 0 Å². The Kier molecular flexibility index (Phi) is 2.90. The summed E-state index contributed by atoms with van der Waals surface area (Å²) < 4.78 is 29.7. The number of ether oxygens (including phenoxy) is 1. The number of aliphatic hydroxyl groups excluding tert-OH is 1. The van der Waals surface area contributed by atoms with Gasteiger partial charge in [0.15, 0.2) is 0 Å². The van der Waals surface area contributed by atoms with E-state index >= 15 is 0 Å². The van der Waals surface area contributed by atoms with Crippen LogP contribution in [0.15, 0.2) is 0 Å². The summed E-state index contributed by atoms with van der Waals surface area (Å²) in [6, 6.07) is 0. The molecule has 16 heavy (non-hydrogen) atoms. The summed E-state index contributed by atoms with van der Waals surface area (Å²) in [5.74, 6) is -4.10. The van der Waals surface area contributed by atoms with Crippen molar-refractivity contribution in [3.63, 3.8) is 0 Å². The molecule has 2 aliphatic carbocycles. The maximum absolute atomic E-state index is 12.5. The van der Waals surface area contributed by atoms with E-state index in [4.69, 9.17) is 0 Å². The number of halogens is 2. The van der Waals surface area contributed by atoms with Crippen LogP contribution < -0.4 is 0 Å². The molecule has 1 N–H and O–H groups in total. The van der Waals surface area contributed by atoms with E-state index in [0.717, 1.165) is 19.3 Å². The van der Waals surface area contributed by atoms with E-state index in [0.29, 0.717) is 12.8 Å². The van der Waals surface area contributed by atoms with Crippen molar-refractivity contribution in [2.45, 2.75) is 38.2 Å². The van der Waals surface area contributed by atoms with Crippen molar-refractivity contribution >= 4 is 5.97 Å². The number of aliphatic hydroxyl groups is 1. The molecule has 0 saturated heterocycles. The molecule has 2 saturated carbocycles. The average Bonchev–Trinajstić information content (AvgIpc) is 2.70. The predicted molar refractivity (Wildman–Crippen MR) is 51.9 cm³/mol. The van der Waals surface area contributed by atoms with Crippen LogP contribution in [0.5, 0.6) is 0 Å². The molecule has 2 rings (SSSR count). The summed E-state index contributed by atoms with van der Waals surface area (Å²) >= 11 is 0. The molecule has 5 heteroatoms. The fraction of sp³-hybridized carbons (Fsp3) is 0.909. The molecule has 2 bridgehead atoms. The molecule has 4 unspecified atom stereocenters. The molecule has 0 heterocycles. The first-order valence-corrected chi connectivity index (χ1v) is 5.61. The van der Waals surface area contributed by atoms with Gasteiger partial charge in [-0.1, -0.05) is 0 Å². The Morgan fingerprint density at radius 1 is 1.38 bits per heavy atom. The number of rotatable bonds is 3. The molecule has 4 atom stereocenters.